The van der Waals surface area contributed by atoms with Crippen molar-refractivity contribution >= 4 is 10.8 Å². The molecule has 2 aromatic carbocycles. The predicted molar refractivity (Wildman–Crippen MR) is 69.3 cm³/mol. The standard InChI is InChI=1S/C14H11N3O/c1-18-14-16-13(9-15-17-14)12-8-4-6-10-5-2-3-7-11(10)12/h2-9H,1H3. The Kier molecular flexibility index (Phi) is 2.61. The van der Waals surface area contributed by atoms with Gasteiger partial charge in [-0.25, -0.2) is 0 Å². The largest absolute Gasteiger partial charge is 0.466 e. The summed E-state index contributed by atoms with van der Waals surface area (Å²) in [4.78, 5) is 4.32. The molecular weight excluding hydrogens is 226 g/mol. The maximum absolute atomic E-state index is 5.00. The van der Waals surface area contributed by atoms with Crippen molar-refractivity contribution in [2.45, 2.75) is 0 Å². The molecule has 0 bridgehead atoms. The van der Waals surface area contributed by atoms with E-state index in [-0.39, 0.29) is 6.01 Å². The Morgan fingerprint density at radius 1 is 1.00 bits per heavy atom. The Balaban J connectivity index is 2.24. The minimum atomic E-state index is 0.278. The third-order valence-corrected chi connectivity index (χ3v) is 2.79. The number of hydrogen-bond donors (Lipinski definition) is 0. The molecule has 0 aliphatic heterocycles. The molecule has 0 saturated carbocycles. The van der Waals surface area contributed by atoms with E-state index in [4.69, 9.17) is 4.74 Å². The fraction of sp³-hybridized carbons (Fsp3) is 0.0714. The molecule has 88 valence electrons. The zero-order valence-electron chi connectivity index (χ0n) is 9.87. The monoisotopic (exact) mass is 237 g/mol. The van der Waals surface area contributed by atoms with E-state index in [2.05, 4.69) is 33.4 Å². The Bertz CT molecular complexity index is 692. The van der Waals surface area contributed by atoms with Gasteiger partial charge in [-0.2, -0.15) is 10.1 Å². The van der Waals surface area contributed by atoms with Crippen LogP contribution in [0, 0.1) is 0 Å². The number of methoxy groups -OCH3 is 1. The van der Waals surface area contributed by atoms with Gasteiger partial charge in [0.05, 0.1) is 19.0 Å². The highest BCUT2D eigenvalue weighted by atomic mass is 16.5. The lowest BCUT2D eigenvalue weighted by molar-refractivity contribution is 0.374. The number of aromatic nitrogens is 3. The lowest BCUT2D eigenvalue weighted by atomic mass is 10.0. The molecule has 18 heavy (non-hydrogen) atoms. The number of ether oxygens (including phenoxy) is 1. The van der Waals surface area contributed by atoms with Gasteiger partial charge < -0.3 is 4.74 Å². The molecular formula is C14H11N3O. The molecule has 4 heteroatoms. The zero-order chi connectivity index (χ0) is 12.4. The first kappa shape index (κ1) is 10.7. The van der Waals surface area contributed by atoms with Crippen LogP contribution in [0.25, 0.3) is 22.0 Å². The highest BCUT2D eigenvalue weighted by Gasteiger charge is 2.06. The van der Waals surface area contributed by atoms with Crippen LogP contribution in [-0.4, -0.2) is 22.3 Å². The molecule has 3 rings (SSSR count). The molecule has 1 aromatic heterocycles. The second kappa shape index (κ2) is 4.41. The van der Waals surface area contributed by atoms with E-state index < -0.39 is 0 Å². The summed E-state index contributed by atoms with van der Waals surface area (Å²) in [5.41, 5.74) is 1.79. The fourth-order valence-electron chi connectivity index (χ4n) is 1.95. The molecule has 0 saturated heterocycles. The van der Waals surface area contributed by atoms with E-state index in [0.717, 1.165) is 16.6 Å². The maximum atomic E-state index is 5.00. The van der Waals surface area contributed by atoms with Crippen molar-refractivity contribution < 1.29 is 4.74 Å². The number of hydrogen-bond acceptors (Lipinski definition) is 4. The number of rotatable bonds is 2. The Morgan fingerprint density at radius 3 is 2.72 bits per heavy atom. The maximum Gasteiger partial charge on any atom is 0.335 e. The molecule has 0 spiro atoms. The van der Waals surface area contributed by atoms with Crippen LogP contribution in [0.3, 0.4) is 0 Å². The van der Waals surface area contributed by atoms with Crippen LogP contribution in [-0.2, 0) is 0 Å². The molecule has 0 amide bonds. The van der Waals surface area contributed by atoms with Crippen LogP contribution >= 0.6 is 0 Å². The quantitative estimate of drug-likeness (QED) is 0.687. The number of fused-ring (bicyclic) bond motifs is 1. The summed E-state index contributed by atoms with van der Waals surface area (Å²) < 4.78 is 5.00. The highest BCUT2D eigenvalue weighted by Crippen LogP contribution is 2.27. The van der Waals surface area contributed by atoms with Crippen LogP contribution in [0.5, 0.6) is 6.01 Å². The van der Waals surface area contributed by atoms with Crippen molar-refractivity contribution in [1.82, 2.24) is 15.2 Å². The van der Waals surface area contributed by atoms with Gasteiger partial charge in [-0.1, -0.05) is 47.6 Å². The van der Waals surface area contributed by atoms with Gasteiger partial charge in [-0.3, -0.25) is 0 Å². The lowest BCUT2D eigenvalue weighted by Gasteiger charge is -2.05. The van der Waals surface area contributed by atoms with E-state index in [0.29, 0.717) is 0 Å². The summed E-state index contributed by atoms with van der Waals surface area (Å²) in [6.07, 6.45) is 1.64. The van der Waals surface area contributed by atoms with Gasteiger partial charge in [0.25, 0.3) is 0 Å². The summed E-state index contributed by atoms with van der Waals surface area (Å²) >= 11 is 0. The minimum Gasteiger partial charge on any atom is -0.466 e. The zero-order valence-corrected chi connectivity index (χ0v) is 9.87. The van der Waals surface area contributed by atoms with Crippen molar-refractivity contribution in [3.63, 3.8) is 0 Å². The normalized spacial score (nSPS) is 10.5. The van der Waals surface area contributed by atoms with Gasteiger partial charge in [-0.05, 0) is 10.8 Å². The van der Waals surface area contributed by atoms with Gasteiger partial charge in [0.1, 0.15) is 0 Å². The van der Waals surface area contributed by atoms with E-state index in [1.807, 2.05) is 24.3 Å². The fourth-order valence-corrected chi connectivity index (χ4v) is 1.95. The molecule has 1 heterocycles. The molecule has 0 fully saturated rings. The van der Waals surface area contributed by atoms with Crippen LogP contribution in [0.15, 0.2) is 48.7 Å². The summed E-state index contributed by atoms with van der Waals surface area (Å²) in [7, 11) is 1.53. The van der Waals surface area contributed by atoms with Gasteiger partial charge in [0.2, 0.25) is 0 Å². The second-order valence-electron chi connectivity index (χ2n) is 3.86. The van der Waals surface area contributed by atoms with Crippen LogP contribution in [0.1, 0.15) is 0 Å². The Hall–Kier alpha value is -2.49. The molecule has 0 aliphatic carbocycles. The van der Waals surface area contributed by atoms with E-state index >= 15 is 0 Å². The molecule has 4 nitrogen and oxygen atoms in total. The SMILES string of the molecule is COc1nncc(-c2cccc3ccccc23)n1. The van der Waals surface area contributed by atoms with Crippen LogP contribution < -0.4 is 4.74 Å². The van der Waals surface area contributed by atoms with Crippen LogP contribution in [0.2, 0.25) is 0 Å². The first-order valence-electron chi connectivity index (χ1n) is 5.60. The van der Waals surface area contributed by atoms with Gasteiger partial charge >= 0.3 is 6.01 Å². The molecule has 3 aromatic rings. The average Bonchev–Trinajstić information content (AvgIpc) is 2.47. The summed E-state index contributed by atoms with van der Waals surface area (Å²) in [6.45, 7) is 0. The van der Waals surface area contributed by atoms with Crippen molar-refractivity contribution in [2.24, 2.45) is 0 Å². The minimum absolute atomic E-state index is 0.278. The van der Waals surface area contributed by atoms with Crippen LogP contribution in [0.4, 0.5) is 0 Å². The van der Waals surface area contributed by atoms with E-state index in [1.165, 1.54) is 12.5 Å². The van der Waals surface area contributed by atoms with E-state index in [1.54, 1.807) is 6.20 Å². The van der Waals surface area contributed by atoms with Gasteiger partial charge in [0.15, 0.2) is 0 Å². The average molecular weight is 237 g/mol. The summed E-state index contributed by atoms with van der Waals surface area (Å²) in [5.74, 6) is 0. The van der Waals surface area contributed by atoms with Gasteiger partial charge in [0, 0.05) is 5.56 Å². The third kappa shape index (κ3) is 1.78. The Morgan fingerprint density at radius 2 is 1.83 bits per heavy atom. The first-order chi connectivity index (χ1) is 8.88. The highest BCUT2D eigenvalue weighted by molar-refractivity contribution is 5.95. The van der Waals surface area contributed by atoms with E-state index in [9.17, 15) is 0 Å². The van der Waals surface area contributed by atoms with Crippen molar-refractivity contribution in [3.05, 3.63) is 48.7 Å². The van der Waals surface area contributed by atoms with Crippen molar-refractivity contribution in [2.75, 3.05) is 7.11 Å². The predicted octanol–water partition coefficient (Wildman–Crippen LogP) is 2.70. The summed E-state index contributed by atoms with van der Waals surface area (Å²) in [5, 5.41) is 10.00. The topological polar surface area (TPSA) is 47.9 Å². The molecule has 0 radical (unpaired) electrons. The van der Waals surface area contributed by atoms with Crippen molar-refractivity contribution in [3.8, 4) is 17.3 Å². The molecule has 0 unspecified atom stereocenters. The molecule has 0 N–H and O–H groups in total. The molecule has 0 atom stereocenters. The van der Waals surface area contributed by atoms with Gasteiger partial charge in [-0.15, -0.1) is 0 Å². The summed E-state index contributed by atoms with van der Waals surface area (Å²) in [6, 6.07) is 14.6. The molecule has 0 aliphatic rings. The smallest absolute Gasteiger partial charge is 0.335 e. The van der Waals surface area contributed by atoms with Crippen molar-refractivity contribution in [1.29, 1.82) is 0 Å². The number of nitrogens with zero attached hydrogens (tertiary/aromatic N) is 3. The number of benzene rings is 2. The lowest BCUT2D eigenvalue weighted by Crippen LogP contribution is -1.96. The first-order valence-corrected chi connectivity index (χ1v) is 5.60. The third-order valence-electron chi connectivity index (χ3n) is 2.79. The Labute approximate surface area is 104 Å². The second-order valence-corrected chi connectivity index (χ2v) is 3.86.